The SMILES string of the molecule is COc1ccc(C)cc1NC(=O)C(OC(=O)c1ccc(C#N)cc1)c1ccccc1. The van der Waals surface area contributed by atoms with Crippen molar-refractivity contribution in [3.63, 3.8) is 0 Å². The Morgan fingerprint density at radius 2 is 1.70 bits per heavy atom. The van der Waals surface area contributed by atoms with Crippen LogP contribution in [0.25, 0.3) is 0 Å². The molecule has 150 valence electrons. The average Bonchev–Trinajstić information content (AvgIpc) is 2.78. The van der Waals surface area contributed by atoms with Crippen LogP contribution in [0, 0.1) is 18.3 Å². The van der Waals surface area contributed by atoms with Gasteiger partial charge in [0.25, 0.3) is 5.91 Å². The van der Waals surface area contributed by atoms with E-state index in [1.807, 2.05) is 25.1 Å². The number of benzene rings is 3. The van der Waals surface area contributed by atoms with Gasteiger partial charge < -0.3 is 14.8 Å². The van der Waals surface area contributed by atoms with Gasteiger partial charge in [-0.15, -0.1) is 0 Å². The number of nitrogens with one attached hydrogen (secondary N) is 1. The average molecular weight is 400 g/mol. The number of hydrogen-bond donors (Lipinski definition) is 1. The first-order chi connectivity index (χ1) is 14.5. The molecule has 0 aliphatic heterocycles. The van der Waals surface area contributed by atoms with Gasteiger partial charge in [-0.25, -0.2) is 4.79 Å². The zero-order valence-electron chi connectivity index (χ0n) is 16.6. The first kappa shape index (κ1) is 20.6. The number of aryl methyl sites for hydroxylation is 1. The Bertz CT molecular complexity index is 1090. The first-order valence-corrected chi connectivity index (χ1v) is 9.23. The van der Waals surface area contributed by atoms with Crippen molar-refractivity contribution in [1.29, 1.82) is 5.26 Å². The lowest BCUT2D eigenvalue weighted by atomic mass is 10.1. The van der Waals surface area contributed by atoms with Crippen molar-refractivity contribution >= 4 is 17.6 Å². The molecule has 0 saturated heterocycles. The molecule has 0 spiro atoms. The van der Waals surface area contributed by atoms with E-state index in [1.165, 1.54) is 31.4 Å². The van der Waals surface area contributed by atoms with Gasteiger partial charge in [0.2, 0.25) is 6.10 Å². The first-order valence-electron chi connectivity index (χ1n) is 9.23. The van der Waals surface area contributed by atoms with E-state index in [9.17, 15) is 9.59 Å². The van der Waals surface area contributed by atoms with E-state index in [0.717, 1.165) is 5.56 Å². The molecule has 0 aliphatic rings. The fourth-order valence-electron chi connectivity index (χ4n) is 2.87. The minimum absolute atomic E-state index is 0.246. The van der Waals surface area contributed by atoms with E-state index in [4.69, 9.17) is 14.7 Å². The molecule has 6 heteroatoms. The smallest absolute Gasteiger partial charge is 0.339 e. The normalized spacial score (nSPS) is 11.1. The maximum Gasteiger partial charge on any atom is 0.339 e. The fourth-order valence-corrected chi connectivity index (χ4v) is 2.87. The minimum atomic E-state index is -1.17. The third kappa shape index (κ3) is 4.83. The van der Waals surface area contributed by atoms with Crippen molar-refractivity contribution < 1.29 is 19.1 Å². The van der Waals surface area contributed by atoms with Gasteiger partial charge in [0.15, 0.2) is 0 Å². The number of nitriles is 1. The number of amides is 1. The summed E-state index contributed by atoms with van der Waals surface area (Å²) in [5.41, 5.74) is 2.63. The standard InChI is InChI=1S/C24H20N2O4/c1-16-8-13-21(29-2)20(14-16)26-23(27)22(18-6-4-3-5-7-18)30-24(28)19-11-9-17(15-25)10-12-19/h3-14,22H,1-2H3,(H,26,27). The van der Waals surface area contributed by atoms with Crippen LogP contribution >= 0.6 is 0 Å². The summed E-state index contributed by atoms with van der Waals surface area (Å²) < 4.78 is 10.9. The Kier molecular flexibility index (Phi) is 6.46. The summed E-state index contributed by atoms with van der Waals surface area (Å²) >= 11 is 0. The summed E-state index contributed by atoms with van der Waals surface area (Å²) in [5, 5.41) is 11.7. The van der Waals surface area contributed by atoms with Crippen LogP contribution in [0.15, 0.2) is 72.8 Å². The number of hydrogen-bond acceptors (Lipinski definition) is 5. The molecule has 1 amide bonds. The van der Waals surface area contributed by atoms with Crippen molar-refractivity contribution in [2.45, 2.75) is 13.0 Å². The molecule has 0 radical (unpaired) electrons. The molecule has 1 atom stereocenters. The third-order valence-electron chi connectivity index (χ3n) is 4.43. The molecule has 3 rings (SSSR count). The van der Waals surface area contributed by atoms with Crippen LogP contribution in [0.1, 0.15) is 33.2 Å². The molecule has 0 aliphatic carbocycles. The van der Waals surface area contributed by atoms with Crippen LogP contribution < -0.4 is 10.1 Å². The van der Waals surface area contributed by atoms with Crippen molar-refractivity contribution in [1.82, 2.24) is 0 Å². The van der Waals surface area contributed by atoms with E-state index in [0.29, 0.717) is 22.6 Å². The number of rotatable bonds is 6. The van der Waals surface area contributed by atoms with Gasteiger partial charge in [0.1, 0.15) is 5.75 Å². The molecule has 3 aromatic carbocycles. The summed E-state index contributed by atoms with van der Waals surface area (Å²) in [7, 11) is 1.51. The lowest BCUT2D eigenvalue weighted by molar-refractivity contribution is -0.125. The lowest BCUT2D eigenvalue weighted by Crippen LogP contribution is -2.26. The highest BCUT2D eigenvalue weighted by Gasteiger charge is 2.26. The fraction of sp³-hybridized carbons (Fsp3) is 0.125. The monoisotopic (exact) mass is 400 g/mol. The quantitative estimate of drug-likeness (QED) is 0.619. The summed E-state index contributed by atoms with van der Waals surface area (Å²) in [6.07, 6.45) is -1.17. The van der Waals surface area contributed by atoms with Crippen LogP contribution in [0.3, 0.4) is 0 Å². The highest BCUT2D eigenvalue weighted by molar-refractivity contribution is 5.99. The second-order valence-electron chi connectivity index (χ2n) is 6.58. The summed E-state index contributed by atoms with van der Waals surface area (Å²) in [5.74, 6) is -0.675. The van der Waals surface area contributed by atoms with E-state index in [1.54, 1.807) is 36.4 Å². The van der Waals surface area contributed by atoms with Gasteiger partial charge in [-0.1, -0.05) is 36.4 Å². The maximum absolute atomic E-state index is 13.1. The minimum Gasteiger partial charge on any atom is -0.495 e. The molecule has 6 nitrogen and oxygen atoms in total. The van der Waals surface area contributed by atoms with Crippen molar-refractivity contribution in [3.05, 3.63) is 95.1 Å². The van der Waals surface area contributed by atoms with Gasteiger partial charge in [-0.3, -0.25) is 4.79 Å². The molecule has 30 heavy (non-hydrogen) atoms. The molecular formula is C24H20N2O4. The highest BCUT2D eigenvalue weighted by Crippen LogP contribution is 2.28. The highest BCUT2D eigenvalue weighted by atomic mass is 16.5. The van der Waals surface area contributed by atoms with E-state index >= 15 is 0 Å². The number of carbonyl (C=O) groups excluding carboxylic acids is 2. The summed E-state index contributed by atoms with van der Waals surface area (Å²) in [6, 6.07) is 22.2. The molecule has 1 unspecified atom stereocenters. The topological polar surface area (TPSA) is 88.4 Å². The molecule has 0 heterocycles. The van der Waals surface area contributed by atoms with Crippen LogP contribution in [0.5, 0.6) is 5.75 Å². The summed E-state index contributed by atoms with van der Waals surface area (Å²) in [6.45, 7) is 1.90. The second-order valence-corrected chi connectivity index (χ2v) is 6.58. The number of ether oxygens (including phenoxy) is 2. The number of esters is 1. The Labute approximate surface area is 174 Å². The molecule has 0 fully saturated rings. The van der Waals surface area contributed by atoms with E-state index < -0.39 is 18.0 Å². The van der Waals surface area contributed by atoms with Crippen molar-refractivity contribution in [2.24, 2.45) is 0 Å². The Balaban J connectivity index is 1.87. The Morgan fingerprint density at radius 1 is 1.00 bits per heavy atom. The van der Waals surface area contributed by atoms with Crippen LogP contribution in [0.4, 0.5) is 5.69 Å². The maximum atomic E-state index is 13.1. The zero-order chi connectivity index (χ0) is 21.5. The van der Waals surface area contributed by atoms with Gasteiger partial charge >= 0.3 is 5.97 Å². The lowest BCUT2D eigenvalue weighted by Gasteiger charge is -2.19. The van der Waals surface area contributed by atoms with Crippen LogP contribution in [-0.4, -0.2) is 19.0 Å². The number of methoxy groups -OCH3 is 1. The number of carbonyl (C=O) groups is 2. The van der Waals surface area contributed by atoms with Gasteiger partial charge in [0.05, 0.1) is 30.0 Å². The second kappa shape index (κ2) is 9.39. The molecular weight excluding hydrogens is 380 g/mol. The van der Waals surface area contributed by atoms with Gasteiger partial charge in [0, 0.05) is 5.56 Å². The molecule has 1 N–H and O–H groups in total. The van der Waals surface area contributed by atoms with E-state index in [2.05, 4.69) is 5.32 Å². The number of anilines is 1. The van der Waals surface area contributed by atoms with Crippen molar-refractivity contribution in [3.8, 4) is 11.8 Å². The predicted octanol–water partition coefficient (Wildman–Crippen LogP) is 4.41. The van der Waals surface area contributed by atoms with E-state index in [-0.39, 0.29) is 5.56 Å². The summed E-state index contributed by atoms with van der Waals surface area (Å²) in [4.78, 5) is 25.7. The van der Waals surface area contributed by atoms with Gasteiger partial charge in [-0.05, 0) is 48.9 Å². The largest absolute Gasteiger partial charge is 0.495 e. The van der Waals surface area contributed by atoms with Crippen LogP contribution in [-0.2, 0) is 9.53 Å². The Morgan fingerprint density at radius 3 is 2.33 bits per heavy atom. The zero-order valence-corrected chi connectivity index (χ0v) is 16.6. The molecule has 0 aromatic heterocycles. The predicted molar refractivity (Wildman–Crippen MR) is 112 cm³/mol. The van der Waals surface area contributed by atoms with Crippen molar-refractivity contribution in [2.75, 3.05) is 12.4 Å². The Hall–Kier alpha value is -4.11. The molecule has 3 aromatic rings. The molecule has 0 bridgehead atoms. The third-order valence-corrected chi connectivity index (χ3v) is 4.43. The van der Waals surface area contributed by atoms with Gasteiger partial charge in [-0.2, -0.15) is 5.26 Å². The number of nitrogens with zero attached hydrogens (tertiary/aromatic N) is 1. The van der Waals surface area contributed by atoms with Crippen LogP contribution in [0.2, 0.25) is 0 Å². The molecule has 0 saturated carbocycles.